The summed E-state index contributed by atoms with van der Waals surface area (Å²) < 4.78 is 0. The first-order valence-electron chi connectivity index (χ1n) is 4.42. The van der Waals surface area contributed by atoms with E-state index in [2.05, 4.69) is 9.97 Å². The van der Waals surface area contributed by atoms with Gasteiger partial charge in [-0.3, -0.25) is 4.79 Å². The minimum atomic E-state index is -1.31. The molecule has 1 heterocycles. The van der Waals surface area contributed by atoms with Gasteiger partial charge in [0.25, 0.3) is 5.56 Å². The molecule has 0 bridgehead atoms. The number of fused-ring (bicyclic) bond motifs is 1. The Labute approximate surface area is 94.7 Å². The number of rotatable bonds is 2. The number of aromatic nitrogens is 2. The van der Waals surface area contributed by atoms with Gasteiger partial charge in [0, 0.05) is 0 Å². The molecule has 0 radical (unpaired) electrons. The highest BCUT2D eigenvalue weighted by Gasteiger charge is 2.04. The van der Waals surface area contributed by atoms with Crippen molar-refractivity contribution in [3.63, 3.8) is 0 Å². The summed E-state index contributed by atoms with van der Waals surface area (Å²) in [5, 5.41) is 11.0. The molecule has 0 amide bonds. The Morgan fingerprint density at radius 2 is 2.25 bits per heavy atom. The Balaban J connectivity index is 2.76. The van der Waals surface area contributed by atoms with Crippen LogP contribution in [0.5, 0.6) is 0 Å². The molecule has 82 valence electrons. The van der Waals surface area contributed by atoms with Gasteiger partial charge in [-0.1, -0.05) is 6.07 Å². The number of halogens is 1. The van der Waals surface area contributed by atoms with E-state index in [1.54, 1.807) is 0 Å². The van der Waals surface area contributed by atoms with Crippen LogP contribution in [0.25, 0.3) is 10.9 Å². The number of carbonyl (C=O) groups excluding carboxylic acids is 1. The van der Waals surface area contributed by atoms with Crippen LogP contribution in [0.15, 0.2) is 23.0 Å². The summed E-state index contributed by atoms with van der Waals surface area (Å²) >= 11 is 5.54. The lowest BCUT2D eigenvalue weighted by molar-refractivity contribution is -0.255. The maximum Gasteiger partial charge on any atom is 0.258 e. The summed E-state index contributed by atoms with van der Waals surface area (Å²) in [5.41, 5.74) is -0.0715. The predicted octanol–water partition coefficient (Wildman–Crippen LogP) is 0.0254. The molecule has 0 fully saturated rings. The summed E-state index contributed by atoms with van der Waals surface area (Å²) in [6.07, 6.45) is 0. The average Bonchev–Trinajstić information content (AvgIpc) is 2.28. The van der Waals surface area contributed by atoms with Crippen LogP contribution in [0, 0.1) is 0 Å². The second-order valence-corrected chi connectivity index (χ2v) is 3.43. The van der Waals surface area contributed by atoms with E-state index in [-0.39, 0.29) is 17.0 Å². The highest BCUT2D eigenvalue weighted by Crippen LogP contribution is 2.10. The molecule has 1 aromatic heterocycles. The molecule has 16 heavy (non-hydrogen) atoms. The van der Waals surface area contributed by atoms with E-state index in [0.717, 1.165) is 0 Å². The number of benzene rings is 1. The number of carboxylic acid groups (broad SMARTS) is 1. The van der Waals surface area contributed by atoms with E-state index in [1.807, 2.05) is 0 Å². The number of aromatic amines is 1. The monoisotopic (exact) mass is 237 g/mol. The quantitative estimate of drug-likeness (QED) is 0.747. The second-order valence-electron chi connectivity index (χ2n) is 3.17. The van der Waals surface area contributed by atoms with Crippen molar-refractivity contribution in [2.24, 2.45) is 0 Å². The van der Waals surface area contributed by atoms with E-state index in [4.69, 9.17) is 11.6 Å². The van der Waals surface area contributed by atoms with Crippen LogP contribution >= 0.6 is 11.6 Å². The van der Waals surface area contributed by atoms with Gasteiger partial charge in [-0.2, -0.15) is 0 Å². The molecule has 0 unspecified atom stereocenters. The zero-order valence-electron chi connectivity index (χ0n) is 7.99. The van der Waals surface area contributed by atoms with E-state index < -0.39 is 5.97 Å². The Bertz CT molecular complexity index is 621. The molecule has 0 aliphatic heterocycles. The van der Waals surface area contributed by atoms with Gasteiger partial charge in [-0.25, -0.2) is 4.98 Å². The third kappa shape index (κ3) is 1.77. The van der Waals surface area contributed by atoms with Crippen molar-refractivity contribution in [2.45, 2.75) is 5.88 Å². The standard InChI is InChI=1S/C10H7ClN2O3/c11-4-8-12-7-3-5(10(15)16)1-2-6(7)9(14)13-8/h1-3H,4H2,(H,15,16)(H,12,13,14)/p-1. The van der Waals surface area contributed by atoms with Crippen molar-refractivity contribution in [3.05, 3.63) is 39.9 Å². The lowest BCUT2D eigenvalue weighted by Crippen LogP contribution is -2.22. The number of nitrogens with one attached hydrogen (secondary N) is 1. The van der Waals surface area contributed by atoms with E-state index >= 15 is 0 Å². The smallest absolute Gasteiger partial charge is 0.258 e. The minimum absolute atomic E-state index is 0.0221. The molecule has 0 spiro atoms. The van der Waals surface area contributed by atoms with Gasteiger partial charge in [0.15, 0.2) is 0 Å². The summed E-state index contributed by atoms with van der Waals surface area (Å²) in [7, 11) is 0. The second kappa shape index (κ2) is 3.94. The van der Waals surface area contributed by atoms with Crippen LogP contribution in [0.3, 0.4) is 0 Å². The van der Waals surface area contributed by atoms with Crippen molar-refractivity contribution in [1.82, 2.24) is 9.97 Å². The number of carboxylic acids is 1. The number of hydrogen-bond acceptors (Lipinski definition) is 4. The Morgan fingerprint density at radius 3 is 2.88 bits per heavy atom. The number of nitrogens with zero attached hydrogens (tertiary/aromatic N) is 1. The van der Waals surface area contributed by atoms with E-state index in [0.29, 0.717) is 16.7 Å². The number of carbonyl (C=O) groups is 1. The summed E-state index contributed by atoms with van der Waals surface area (Å²) in [6, 6.07) is 3.98. The maximum atomic E-state index is 11.5. The normalized spacial score (nSPS) is 10.6. The third-order valence-electron chi connectivity index (χ3n) is 2.12. The molecule has 6 heteroatoms. The number of alkyl halides is 1. The van der Waals surface area contributed by atoms with Crippen molar-refractivity contribution < 1.29 is 9.90 Å². The molecule has 5 nitrogen and oxygen atoms in total. The van der Waals surface area contributed by atoms with Gasteiger partial charge < -0.3 is 14.9 Å². The van der Waals surface area contributed by atoms with Gasteiger partial charge in [0.05, 0.1) is 22.8 Å². The molecular weight excluding hydrogens is 232 g/mol. The first-order chi connectivity index (χ1) is 7.61. The van der Waals surface area contributed by atoms with E-state index in [9.17, 15) is 14.7 Å². The predicted molar refractivity (Wildman–Crippen MR) is 56.3 cm³/mol. The molecular formula is C10H6ClN2O3-. The topological polar surface area (TPSA) is 85.9 Å². The Kier molecular flexibility index (Phi) is 2.62. The first kappa shape index (κ1) is 10.6. The first-order valence-corrected chi connectivity index (χ1v) is 4.95. The third-order valence-corrected chi connectivity index (χ3v) is 2.37. The van der Waals surface area contributed by atoms with Crippen LogP contribution in [-0.2, 0) is 5.88 Å². The van der Waals surface area contributed by atoms with Crippen molar-refractivity contribution in [1.29, 1.82) is 0 Å². The van der Waals surface area contributed by atoms with Gasteiger partial charge >= 0.3 is 0 Å². The van der Waals surface area contributed by atoms with Crippen LogP contribution in [0.2, 0.25) is 0 Å². The fourth-order valence-electron chi connectivity index (χ4n) is 1.38. The van der Waals surface area contributed by atoms with Gasteiger partial charge in [0.2, 0.25) is 0 Å². The maximum absolute atomic E-state index is 11.5. The minimum Gasteiger partial charge on any atom is -0.545 e. The molecule has 0 saturated carbocycles. The van der Waals surface area contributed by atoms with Crippen LogP contribution in [-0.4, -0.2) is 15.9 Å². The Morgan fingerprint density at radius 1 is 1.50 bits per heavy atom. The molecule has 2 aromatic rings. The zero-order chi connectivity index (χ0) is 11.7. The van der Waals surface area contributed by atoms with Crippen LogP contribution < -0.4 is 10.7 Å². The fraction of sp³-hybridized carbons (Fsp3) is 0.100. The number of aromatic carboxylic acids is 1. The Hall–Kier alpha value is -1.88. The lowest BCUT2D eigenvalue weighted by Gasteiger charge is -2.04. The molecule has 1 aromatic carbocycles. The molecule has 0 aliphatic carbocycles. The molecule has 0 atom stereocenters. The summed E-state index contributed by atoms with van der Waals surface area (Å²) in [5.74, 6) is -0.952. The largest absolute Gasteiger partial charge is 0.545 e. The fourth-order valence-corrected chi connectivity index (χ4v) is 1.50. The molecule has 2 rings (SSSR count). The van der Waals surface area contributed by atoms with Crippen LogP contribution in [0.4, 0.5) is 0 Å². The van der Waals surface area contributed by atoms with Gasteiger partial charge in [-0.15, -0.1) is 11.6 Å². The highest BCUT2D eigenvalue weighted by atomic mass is 35.5. The van der Waals surface area contributed by atoms with Crippen molar-refractivity contribution in [3.8, 4) is 0 Å². The lowest BCUT2D eigenvalue weighted by atomic mass is 10.1. The van der Waals surface area contributed by atoms with Crippen LogP contribution in [0.1, 0.15) is 16.2 Å². The SMILES string of the molecule is O=C([O-])c1ccc2c(=O)[nH]c(CCl)nc2c1. The molecule has 1 N–H and O–H groups in total. The van der Waals surface area contributed by atoms with Gasteiger partial charge in [-0.05, 0) is 17.7 Å². The van der Waals surface area contributed by atoms with Crippen molar-refractivity contribution in [2.75, 3.05) is 0 Å². The van der Waals surface area contributed by atoms with E-state index in [1.165, 1.54) is 18.2 Å². The number of hydrogen-bond donors (Lipinski definition) is 1. The molecule has 0 aliphatic rings. The van der Waals surface area contributed by atoms with Crippen molar-refractivity contribution >= 4 is 28.5 Å². The molecule has 0 saturated heterocycles. The summed E-state index contributed by atoms with van der Waals surface area (Å²) in [6.45, 7) is 0. The van der Waals surface area contributed by atoms with Gasteiger partial charge in [0.1, 0.15) is 5.82 Å². The summed E-state index contributed by atoms with van der Waals surface area (Å²) in [4.78, 5) is 28.7. The number of H-pyrrole nitrogens is 1. The average molecular weight is 238 g/mol. The zero-order valence-corrected chi connectivity index (χ0v) is 8.75. The highest BCUT2D eigenvalue weighted by molar-refractivity contribution is 6.16.